The van der Waals surface area contributed by atoms with Crippen molar-refractivity contribution < 1.29 is 0 Å². The molecule has 0 radical (unpaired) electrons. The van der Waals surface area contributed by atoms with Crippen LogP contribution < -0.4 is 0 Å². The minimum absolute atomic E-state index is 0.461. The molecule has 145 heavy (non-hydrogen) atoms. The average molecular weight is 1850 g/mol. The molecule has 27 aromatic rings. The minimum Gasteiger partial charge on any atom is -0.309 e. The van der Waals surface area contributed by atoms with E-state index in [1.807, 2.05) is 182 Å². The summed E-state index contributed by atoms with van der Waals surface area (Å²) < 4.78 is 11.9. The molecule has 0 aliphatic carbocycles. The third-order valence-electron chi connectivity index (χ3n) is 28.7. The van der Waals surface area contributed by atoms with Crippen LogP contribution >= 0.6 is 0 Å². The first-order chi connectivity index (χ1) is 71.7. The number of hydrogen-bond acceptors (Lipinski definition) is 8. The van der Waals surface area contributed by atoms with E-state index in [0.717, 1.165) is 216 Å². The Morgan fingerprint density at radius 1 is 0.152 bits per heavy atom. The predicted molar refractivity (Wildman–Crippen MR) is 588 cm³/mol. The lowest BCUT2D eigenvalue weighted by atomic mass is 9.89. The lowest BCUT2D eigenvalue weighted by Gasteiger charge is -2.22. The van der Waals surface area contributed by atoms with Gasteiger partial charge in [-0.25, -0.2) is 19.9 Å². The highest BCUT2D eigenvalue weighted by molar-refractivity contribution is 6.18. The average Bonchev–Trinajstić information content (AvgIpc) is 1.54. The van der Waals surface area contributed by atoms with Gasteiger partial charge in [0.05, 0.1) is 136 Å². The summed E-state index contributed by atoms with van der Waals surface area (Å²) in [5.41, 5.74) is 31.6. The van der Waals surface area contributed by atoms with E-state index in [2.05, 4.69) is 332 Å². The van der Waals surface area contributed by atoms with Crippen LogP contribution in [-0.2, 0) is 0 Å². The molecule has 0 unspecified atom stereocenters. The van der Waals surface area contributed by atoms with Crippen LogP contribution in [0.4, 0.5) is 0 Å². The van der Waals surface area contributed by atoms with Crippen molar-refractivity contribution in [3.05, 3.63) is 489 Å². The van der Waals surface area contributed by atoms with E-state index < -0.39 is 0 Å². The van der Waals surface area contributed by atoms with Gasteiger partial charge in [0, 0.05) is 149 Å². The van der Waals surface area contributed by atoms with E-state index in [9.17, 15) is 21.0 Å². The van der Waals surface area contributed by atoms with Gasteiger partial charge in [-0.15, -0.1) is 0 Å². The van der Waals surface area contributed by atoms with E-state index in [1.165, 1.54) is 0 Å². The van der Waals surface area contributed by atoms with Crippen molar-refractivity contribution in [2.45, 2.75) is 0 Å². The van der Waals surface area contributed by atoms with Crippen LogP contribution in [0.5, 0.6) is 0 Å². The van der Waals surface area contributed by atoms with Crippen LogP contribution in [0.2, 0.25) is 0 Å². The summed E-state index contributed by atoms with van der Waals surface area (Å²) in [6, 6.07) is 172. The quantitative estimate of drug-likeness (QED) is 0.0920. The highest BCUT2D eigenvalue weighted by atomic mass is 15.0. The van der Waals surface area contributed by atoms with E-state index in [4.69, 9.17) is 19.9 Å². The first-order valence-electron chi connectivity index (χ1n) is 48.3. The Labute approximate surface area is 832 Å². The van der Waals surface area contributed by atoms with Crippen molar-refractivity contribution in [2.24, 2.45) is 0 Å². The molecule has 13 heteroatoms. The molecule has 0 spiro atoms. The molecule has 0 atom stereocenters. The maximum atomic E-state index is 11.5. The molecule has 670 valence electrons. The van der Waals surface area contributed by atoms with E-state index >= 15 is 0 Å². The fourth-order valence-electron chi connectivity index (χ4n) is 22.2. The van der Waals surface area contributed by atoms with Gasteiger partial charge in [-0.05, 0) is 175 Å². The summed E-state index contributed by atoms with van der Waals surface area (Å²) in [4.78, 5) is 21.9. The highest BCUT2D eigenvalue weighted by Gasteiger charge is 2.31. The number of nitrogens with zero attached hydrogens (tertiary/aromatic N) is 13. The van der Waals surface area contributed by atoms with Crippen molar-refractivity contribution in [1.29, 1.82) is 21.0 Å². The van der Waals surface area contributed by atoms with Crippen LogP contribution in [0.1, 0.15) is 22.3 Å². The molecule has 0 aliphatic rings. The third-order valence-corrected chi connectivity index (χ3v) is 28.7. The second-order valence-corrected chi connectivity index (χ2v) is 36.7. The van der Waals surface area contributed by atoms with Crippen LogP contribution in [-0.4, -0.2) is 42.8 Å². The molecule has 7 aromatic heterocycles. The maximum absolute atomic E-state index is 11.5. The Morgan fingerprint density at radius 3 is 0.690 bits per heavy atom. The molecule has 0 saturated carbocycles. The Bertz CT molecular complexity index is 9900. The fourth-order valence-corrected chi connectivity index (χ4v) is 22.2. The Balaban J connectivity index is 0.707. The molecule has 0 bridgehead atoms. The van der Waals surface area contributed by atoms with Crippen molar-refractivity contribution in [1.82, 2.24) is 42.8 Å². The number of benzene rings is 20. The lowest BCUT2D eigenvalue weighted by Crippen LogP contribution is -2.04. The summed E-state index contributed by atoms with van der Waals surface area (Å²) in [7, 11) is 0. The first-order valence-corrected chi connectivity index (χ1v) is 48.3. The molecular formula is C132H77N13. The van der Waals surface area contributed by atoms with Crippen molar-refractivity contribution in [3.8, 4) is 176 Å². The third kappa shape index (κ3) is 13.8. The lowest BCUT2D eigenvalue weighted by molar-refractivity contribution is 1.15. The number of nitriles is 4. The van der Waals surface area contributed by atoms with Crippen LogP contribution in [0.25, 0.3) is 261 Å². The summed E-state index contributed by atoms with van der Waals surface area (Å²) in [6.45, 7) is 0. The minimum atomic E-state index is 0.461. The number of fused-ring (bicyclic) bond motifs is 15. The first kappa shape index (κ1) is 83.9. The Kier molecular flexibility index (Phi) is 19.8. The molecule has 0 N–H and O–H groups in total. The van der Waals surface area contributed by atoms with Gasteiger partial charge in [0.25, 0.3) is 0 Å². The predicted octanol–water partition coefficient (Wildman–Crippen LogP) is 32.6. The van der Waals surface area contributed by atoms with E-state index in [0.29, 0.717) is 67.3 Å². The zero-order valence-electron chi connectivity index (χ0n) is 77.8. The zero-order chi connectivity index (χ0) is 96.4. The second kappa shape index (κ2) is 34.3. The van der Waals surface area contributed by atoms with E-state index in [1.54, 1.807) is 0 Å². The summed E-state index contributed by atoms with van der Waals surface area (Å²) in [6.07, 6.45) is 0. The van der Waals surface area contributed by atoms with Crippen LogP contribution in [0, 0.1) is 45.3 Å². The van der Waals surface area contributed by atoms with Gasteiger partial charge in [-0.3, -0.25) is 0 Å². The fraction of sp³-hybridized carbons (Fsp3) is 0. The van der Waals surface area contributed by atoms with Crippen molar-refractivity contribution >= 4 is 109 Å². The largest absolute Gasteiger partial charge is 0.309 e. The van der Waals surface area contributed by atoms with Gasteiger partial charge in [0.2, 0.25) is 0 Å². The molecule has 0 fully saturated rings. The molecule has 27 rings (SSSR count). The summed E-state index contributed by atoms with van der Waals surface area (Å²) >= 11 is 0. The zero-order valence-corrected chi connectivity index (χ0v) is 77.8. The normalized spacial score (nSPS) is 11.6. The number of para-hydroxylation sites is 5. The summed E-state index contributed by atoms with van der Waals surface area (Å²) in [5, 5.41) is 56.6. The van der Waals surface area contributed by atoms with Gasteiger partial charge in [0.15, 0.2) is 11.6 Å². The highest BCUT2D eigenvalue weighted by Crippen LogP contribution is 2.52. The van der Waals surface area contributed by atoms with Crippen molar-refractivity contribution in [3.63, 3.8) is 0 Å². The SMILES string of the molecule is N#Cc1ccccc1-c1cc(-c2nc(-c3ccccc3)cc(-c3ccccc3)n2)cc(-c2ccccc2C#N)c1-n1c2ccc(-c3ccc4c5ccccc5n(-c5ccc6c(c5)c5cc(-n7c8ccccc8c8ccccc87)ccc5n6-c5c(-c6ccccc6C#N)cc(-c6nc(-c7ccccc7)cc(-c7ccccc7)n6)cc5-c5ccccc5C#N)c4c3)cc2c2cc(-n3c4ccccc4c4ccccc43)ccc21. The van der Waals surface area contributed by atoms with Gasteiger partial charge in [0.1, 0.15) is 0 Å². The molecule has 0 saturated heterocycles. The van der Waals surface area contributed by atoms with Gasteiger partial charge < -0.3 is 22.8 Å². The molecule has 7 heterocycles. The molecule has 13 nitrogen and oxygen atoms in total. The molecule has 0 aliphatic heterocycles. The topological polar surface area (TPSA) is 171 Å². The standard InChI is InChI=1S/C132H77N13/c133-78-88-39-13-17-43-97(88)111-68-92(131-137-115(82-31-5-1-6-32-82)76-116(138-131)83-33-7-2-8-34-83)69-112(98-44-18-14-40-89(98)79-134)129(111)144-124-63-58-86(67-107(124)108-73-94(59-64-125(108)144)141-119-52-26-21-47-101(119)102-48-22-27-53-120(102)141)87-57-62-106-105-51-25-30-56-123(105)143(128(106)72-87)96-61-66-127-110(75-96)109-74-95(142-121-54-28-23-49-103(121)104-50-24-29-55-122(104)142)60-65-126(109)145(127)130-113(99-45-19-15-41-90(99)80-135)70-93(71-114(130)100-46-20-16-42-91(100)81-136)132-139-117(84-35-9-3-10-36-84)77-118(140-132)85-37-11-4-12-38-85/h1-77H. The Morgan fingerprint density at radius 2 is 0.386 bits per heavy atom. The molecular weight excluding hydrogens is 1770 g/mol. The molecule has 20 aromatic carbocycles. The number of aromatic nitrogens is 9. The number of hydrogen-bond donors (Lipinski definition) is 0. The molecule has 0 amide bonds. The second-order valence-electron chi connectivity index (χ2n) is 36.7. The van der Waals surface area contributed by atoms with Crippen molar-refractivity contribution in [2.75, 3.05) is 0 Å². The Hall–Kier alpha value is -20.5. The van der Waals surface area contributed by atoms with E-state index in [-0.39, 0.29) is 0 Å². The monoisotopic (exact) mass is 1840 g/mol. The van der Waals surface area contributed by atoms with Gasteiger partial charge >= 0.3 is 0 Å². The number of rotatable bonds is 16. The maximum Gasteiger partial charge on any atom is 0.160 e. The van der Waals surface area contributed by atoms with Gasteiger partial charge in [-0.1, -0.05) is 303 Å². The van der Waals surface area contributed by atoms with Crippen LogP contribution in [0.3, 0.4) is 0 Å². The van der Waals surface area contributed by atoms with Crippen LogP contribution in [0.15, 0.2) is 467 Å². The summed E-state index contributed by atoms with van der Waals surface area (Å²) in [5.74, 6) is 0.930. The van der Waals surface area contributed by atoms with Gasteiger partial charge in [-0.2, -0.15) is 21.0 Å². The smallest absolute Gasteiger partial charge is 0.160 e.